The summed E-state index contributed by atoms with van der Waals surface area (Å²) >= 11 is 0. The van der Waals surface area contributed by atoms with Gasteiger partial charge in [0, 0.05) is 24.3 Å². The molecule has 0 saturated carbocycles. The van der Waals surface area contributed by atoms with Crippen LogP contribution in [-0.2, 0) is 9.59 Å². The Balaban J connectivity index is 2.89. The highest BCUT2D eigenvalue weighted by atomic mass is 16.2. The van der Waals surface area contributed by atoms with Gasteiger partial charge < -0.3 is 16.4 Å². The Bertz CT molecular complexity index is 482. The summed E-state index contributed by atoms with van der Waals surface area (Å²) in [5.74, 6) is -0.328. The van der Waals surface area contributed by atoms with Crippen LogP contribution in [0.15, 0.2) is 18.2 Å². The number of amides is 2. The fourth-order valence-electron chi connectivity index (χ4n) is 1.84. The third kappa shape index (κ3) is 4.06. The molecule has 1 unspecified atom stereocenters. The Morgan fingerprint density at radius 1 is 1.20 bits per heavy atom. The van der Waals surface area contributed by atoms with Gasteiger partial charge in [-0.15, -0.1) is 0 Å². The van der Waals surface area contributed by atoms with Gasteiger partial charge in [-0.25, -0.2) is 0 Å². The molecule has 2 amide bonds. The van der Waals surface area contributed by atoms with Crippen LogP contribution in [0.2, 0.25) is 0 Å². The third-order valence-corrected chi connectivity index (χ3v) is 3.33. The second-order valence-electron chi connectivity index (χ2n) is 4.71. The summed E-state index contributed by atoms with van der Waals surface area (Å²) in [6.07, 6.45) is 1.12. The van der Waals surface area contributed by atoms with E-state index in [9.17, 15) is 9.59 Å². The van der Waals surface area contributed by atoms with Crippen LogP contribution in [0.25, 0.3) is 0 Å². The SMILES string of the molecule is CCC(=O)Nc1cccc(NC(=O)C(CC)CN)c1C. The highest BCUT2D eigenvalue weighted by molar-refractivity contribution is 5.96. The van der Waals surface area contributed by atoms with E-state index < -0.39 is 0 Å². The Hall–Kier alpha value is -1.88. The molecule has 20 heavy (non-hydrogen) atoms. The van der Waals surface area contributed by atoms with E-state index in [2.05, 4.69) is 10.6 Å². The fraction of sp³-hybridized carbons (Fsp3) is 0.467. The molecule has 0 aliphatic heterocycles. The quantitative estimate of drug-likeness (QED) is 0.745. The molecule has 1 rings (SSSR count). The zero-order valence-corrected chi connectivity index (χ0v) is 12.3. The van der Waals surface area contributed by atoms with Gasteiger partial charge >= 0.3 is 0 Å². The lowest BCUT2D eigenvalue weighted by Crippen LogP contribution is -2.29. The van der Waals surface area contributed by atoms with Crippen LogP contribution in [-0.4, -0.2) is 18.4 Å². The maximum atomic E-state index is 12.0. The van der Waals surface area contributed by atoms with Crippen LogP contribution in [0, 0.1) is 12.8 Å². The average molecular weight is 277 g/mol. The number of hydrogen-bond donors (Lipinski definition) is 3. The van der Waals surface area contributed by atoms with E-state index in [0.717, 1.165) is 11.3 Å². The third-order valence-electron chi connectivity index (χ3n) is 3.33. The van der Waals surface area contributed by atoms with Gasteiger partial charge in [0.25, 0.3) is 0 Å². The Labute approximate surface area is 119 Å². The first-order chi connectivity index (χ1) is 9.53. The maximum Gasteiger partial charge on any atom is 0.228 e. The van der Waals surface area contributed by atoms with Crippen molar-refractivity contribution in [3.05, 3.63) is 23.8 Å². The number of hydrogen-bond acceptors (Lipinski definition) is 3. The van der Waals surface area contributed by atoms with E-state index in [4.69, 9.17) is 5.73 Å². The number of rotatable bonds is 6. The summed E-state index contributed by atoms with van der Waals surface area (Å²) < 4.78 is 0. The summed E-state index contributed by atoms with van der Waals surface area (Å²) in [5, 5.41) is 5.69. The van der Waals surface area contributed by atoms with Crippen molar-refractivity contribution in [3.8, 4) is 0 Å². The molecule has 0 fully saturated rings. The van der Waals surface area contributed by atoms with Crippen LogP contribution in [0.4, 0.5) is 11.4 Å². The zero-order chi connectivity index (χ0) is 15.1. The Morgan fingerprint density at radius 3 is 2.30 bits per heavy atom. The first kappa shape index (κ1) is 16.2. The first-order valence-corrected chi connectivity index (χ1v) is 6.93. The minimum absolute atomic E-state index is 0.0510. The van der Waals surface area contributed by atoms with Gasteiger partial charge in [-0.1, -0.05) is 19.9 Å². The van der Waals surface area contributed by atoms with E-state index >= 15 is 0 Å². The molecule has 5 nitrogen and oxygen atoms in total. The molecule has 0 aliphatic carbocycles. The van der Waals surface area contributed by atoms with Gasteiger partial charge in [0.2, 0.25) is 11.8 Å². The lowest BCUT2D eigenvalue weighted by molar-refractivity contribution is -0.119. The molecule has 110 valence electrons. The van der Waals surface area contributed by atoms with Crippen LogP contribution in [0.3, 0.4) is 0 Å². The van der Waals surface area contributed by atoms with E-state index in [-0.39, 0.29) is 17.7 Å². The van der Waals surface area contributed by atoms with Crippen molar-refractivity contribution in [2.45, 2.75) is 33.6 Å². The number of carbonyl (C=O) groups is 2. The normalized spacial score (nSPS) is 11.8. The minimum Gasteiger partial charge on any atom is -0.330 e. The molecule has 1 aromatic rings. The van der Waals surface area contributed by atoms with Crippen molar-refractivity contribution in [1.82, 2.24) is 0 Å². The minimum atomic E-state index is -0.191. The molecule has 0 heterocycles. The molecule has 0 spiro atoms. The fourth-order valence-corrected chi connectivity index (χ4v) is 1.84. The standard InChI is InChI=1S/C15H23N3O2/c1-4-11(9-16)15(20)18-13-8-6-7-12(10(13)3)17-14(19)5-2/h6-8,11H,4-5,9,16H2,1-3H3,(H,17,19)(H,18,20). The number of carbonyl (C=O) groups excluding carboxylic acids is 2. The molecule has 0 bridgehead atoms. The van der Waals surface area contributed by atoms with Gasteiger partial charge in [-0.05, 0) is 31.0 Å². The highest BCUT2D eigenvalue weighted by Crippen LogP contribution is 2.24. The lowest BCUT2D eigenvalue weighted by atomic mass is 10.1. The molecule has 4 N–H and O–H groups in total. The molecule has 0 saturated heterocycles. The van der Waals surface area contributed by atoms with Gasteiger partial charge in [-0.3, -0.25) is 9.59 Å². The largest absolute Gasteiger partial charge is 0.330 e. The van der Waals surface area contributed by atoms with Crippen LogP contribution < -0.4 is 16.4 Å². The van der Waals surface area contributed by atoms with Crippen molar-refractivity contribution in [2.75, 3.05) is 17.2 Å². The topological polar surface area (TPSA) is 84.2 Å². The van der Waals surface area contributed by atoms with Gasteiger partial charge in [-0.2, -0.15) is 0 Å². The number of nitrogens with one attached hydrogen (secondary N) is 2. The Morgan fingerprint density at radius 2 is 1.80 bits per heavy atom. The second-order valence-corrected chi connectivity index (χ2v) is 4.71. The molecular formula is C15H23N3O2. The zero-order valence-electron chi connectivity index (χ0n) is 12.3. The maximum absolute atomic E-state index is 12.0. The Kier molecular flexibility index (Phi) is 6.18. The molecule has 0 aromatic heterocycles. The van der Waals surface area contributed by atoms with Crippen molar-refractivity contribution in [1.29, 1.82) is 0 Å². The molecule has 5 heteroatoms. The molecule has 0 aliphatic rings. The van der Waals surface area contributed by atoms with E-state index in [1.165, 1.54) is 0 Å². The second kappa shape index (κ2) is 7.65. The van der Waals surface area contributed by atoms with Crippen LogP contribution >= 0.6 is 0 Å². The average Bonchev–Trinajstić information content (AvgIpc) is 2.44. The summed E-state index contributed by atoms with van der Waals surface area (Å²) in [6.45, 7) is 5.92. The lowest BCUT2D eigenvalue weighted by Gasteiger charge is -2.16. The van der Waals surface area contributed by atoms with Gasteiger partial charge in [0.05, 0.1) is 5.92 Å². The molecule has 0 radical (unpaired) electrons. The first-order valence-electron chi connectivity index (χ1n) is 6.93. The van der Waals surface area contributed by atoms with Crippen LogP contribution in [0.1, 0.15) is 32.3 Å². The molecule has 1 atom stereocenters. The van der Waals surface area contributed by atoms with E-state index in [1.54, 1.807) is 13.0 Å². The molecule has 1 aromatic carbocycles. The number of nitrogens with two attached hydrogens (primary N) is 1. The molecular weight excluding hydrogens is 254 g/mol. The van der Waals surface area contributed by atoms with Crippen molar-refractivity contribution in [2.24, 2.45) is 11.7 Å². The summed E-state index contributed by atoms with van der Waals surface area (Å²) in [5.41, 5.74) is 7.84. The van der Waals surface area contributed by atoms with Gasteiger partial charge in [0.1, 0.15) is 0 Å². The predicted octanol–water partition coefficient (Wildman–Crippen LogP) is 2.27. The summed E-state index contributed by atoms with van der Waals surface area (Å²) in [4.78, 5) is 23.5. The van der Waals surface area contributed by atoms with E-state index in [1.807, 2.05) is 26.0 Å². The van der Waals surface area contributed by atoms with Crippen molar-refractivity contribution >= 4 is 23.2 Å². The monoisotopic (exact) mass is 277 g/mol. The number of anilines is 2. The highest BCUT2D eigenvalue weighted by Gasteiger charge is 2.16. The summed E-state index contributed by atoms with van der Waals surface area (Å²) in [6, 6.07) is 5.44. The smallest absolute Gasteiger partial charge is 0.228 e. The van der Waals surface area contributed by atoms with E-state index in [0.29, 0.717) is 25.1 Å². The van der Waals surface area contributed by atoms with Crippen LogP contribution in [0.5, 0.6) is 0 Å². The van der Waals surface area contributed by atoms with Gasteiger partial charge in [0.15, 0.2) is 0 Å². The predicted molar refractivity (Wildman–Crippen MR) is 81.6 cm³/mol. The number of benzene rings is 1. The van der Waals surface area contributed by atoms with Crippen molar-refractivity contribution < 1.29 is 9.59 Å². The summed E-state index contributed by atoms with van der Waals surface area (Å²) in [7, 11) is 0. The van der Waals surface area contributed by atoms with Crippen molar-refractivity contribution in [3.63, 3.8) is 0 Å².